The third-order valence-corrected chi connectivity index (χ3v) is 9.45. The summed E-state index contributed by atoms with van der Waals surface area (Å²) in [5.74, 6) is 0. The van der Waals surface area contributed by atoms with Gasteiger partial charge in [-0.15, -0.1) is 0 Å². The maximum atomic E-state index is 9.52. The van der Waals surface area contributed by atoms with Gasteiger partial charge in [0.15, 0.2) is 5.69 Å². The highest BCUT2D eigenvalue weighted by molar-refractivity contribution is 6.30. The van der Waals surface area contributed by atoms with E-state index in [2.05, 4.69) is 106 Å². The molecular weight excluding hydrogens is 625 g/mol. The first-order valence-electron chi connectivity index (χ1n) is 16.7. The number of hydrogen-bond acceptors (Lipinski definition) is 4. The molecule has 9 rings (SSSR count). The SMILES string of the molecule is [C-]#[N+]c1ccc(N(c2ccccc2)c2cc3oc4cc(N(c5ccccc5)c5ccc(C#N)cc5)c5ccccc5c4c3c3ccccc23)cc1. The van der Waals surface area contributed by atoms with Crippen LogP contribution in [0.4, 0.5) is 39.8 Å². The molecule has 51 heavy (non-hydrogen) atoms. The molecule has 0 saturated heterocycles. The van der Waals surface area contributed by atoms with E-state index in [4.69, 9.17) is 11.0 Å². The average Bonchev–Trinajstić information content (AvgIpc) is 3.58. The van der Waals surface area contributed by atoms with Crippen molar-refractivity contribution in [2.45, 2.75) is 0 Å². The monoisotopic (exact) mass is 652 g/mol. The smallest absolute Gasteiger partial charge is 0.187 e. The highest BCUT2D eigenvalue weighted by Gasteiger charge is 2.24. The zero-order valence-corrected chi connectivity index (χ0v) is 27.4. The van der Waals surface area contributed by atoms with Crippen LogP contribution in [0.3, 0.4) is 0 Å². The zero-order chi connectivity index (χ0) is 34.3. The molecule has 0 spiro atoms. The molecule has 0 amide bonds. The molecule has 0 saturated carbocycles. The van der Waals surface area contributed by atoms with Crippen LogP contribution in [-0.4, -0.2) is 0 Å². The second kappa shape index (κ2) is 12.3. The number of fused-ring (bicyclic) bond motifs is 7. The first-order valence-corrected chi connectivity index (χ1v) is 16.7. The quantitative estimate of drug-likeness (QED) is 0.168. The van der Waals surface area contributed by atoms with Gasteiger partial charge in [0.05, 0.1) is 29.6 Å². The molecule has 0 N–H and O–H groups in total. The molecule has 1 aromatic heterocycles. The lowest BCUT2D eigenvalue weighted by Crippen LogP contribution is -2.10. The molecule has 0 aliphatic rings. The van der Waals surface area contributed by atoms with Crippen molar-refractivity contribution in [2.24, 2.45) is 0 Å². The van der Waals surface area contributed by atoms with Gasteiger partial charge in [-0.1, -0.05) is 97.1 Å². The highest BCUT2D eigenvalue weighted by Crippen LogP contribution is 2.49. The van der Waals surface area contributed by atoms with E-state index < -0.39 is 0 Å². The van der Waals surface area contributed by atoms with E-state index >= 15 is 0 Å². The number of hydrogen-bond donors (Lipinski definition) is 0. The van der Waals surface area contributed by atoms with E-state index in [-0.39, 0.29) is 0 Å². The van der Waals surface area contributed by atoms with Crippen LogP contribution in [-0.2, 0) is 0 Å². The Kier molecular flexibility index (Phi) is 7.17. The molecule has 0 aliphatic carbocycles. The number of benzene rings is 8. The van der Waals surface area contributed by atoms with Gasteiger partial charge in [0, 0.05) is 56.4 Å². The van der Waals surface area contributed by atoms with E-state index in [9.17, 15) is 5.26 Å². The van der Waals surface area contributed by atoms with Gasteiger partial charge < -0.3 is 14.2 Å². The fourth-order valence-corrected chi connectivity index (χ4v) is 7.20. The van der Waals surface area contributed by atoms with Gasteiger partial charge in [-0.25, -0.2) is 4.85 Å². The summed E-state index contributed by atoms with van der Waals surface area (Å²) in [4.78, 5) is 8.08. The van der Waals surface area contributed by atoms with E-state index in [1.165, 1.54) is 0 Å². The molecule has 0 atom stereocenters. The fraction of sp³-hybridized carbons (Fsp3) is 0. The van der Waals surface area contributed by atoms with Crippen molar-refractivity contribution in [1.82, 2.24) is 0 Å². The number of para-hydroxylation sites is 2. The fourth-order valence-electron chi connectivity index (χ4n) is 7.20. The van der Waals surface area contributed by atoms with Crippen LogP contribution in [0, 0.1) is 17.9 Å². The molecule has 0 unspecified atom stereocenters. The summed E-state index contributed by atoms with van der Waals surface area (Å²) in [5.41, 5.74) is 8.61. The number of anilines is 6. The molecule has 8 aromatic carbocycles. The zero-order valence-electron chi connectivity index (χ0n) is 27.4. The normalized spacial score (nSPS) is 11.1. The van der Waals surface area contributed by atoms with Crippen LogP contribution >= 0.6 is 0 Å². The molecule has 0 aliphatic heterocycles. The molecule has 0 bridgehead atoms. The molecular formula is C46H28N4O. The van der Waals surface area contributed by atoms with Crippen molar-refractivity contribution < 1.29 is 4.42 Å². The van der Waals surface area contributed by atoms with E-state index in [1.54, 1.807) is 0 Å². The van der Waals surface area contributed by atoms with Gasteiger partial charge in [-0.2, -0.15) is 5.26 Å². The molecule has 5 heteroatoms. The standard InChI is InChI=1S/C46H28N4O/c1-48-32-22-26-36(27-23-32)50(34-14-6-3-7-15-34)42-29-44-46(40-19-11-9-17-38(40)42)45-39-18-10-8-16-37(39)41(28-43(45)51-44)49(33-12-4-2-5-13-33)35-24-20-31(30-47)21-25-35/h2-29H. The first-order chi connectivity index (χ1) is 25.2. The van der Waals surface area contributed by atoms with Crippen LogP contribution in [0.1, 0.15) is 5.56 Å². The Morgan fingerprint density at radius 2 is 0.863 bits per heavy atom. The van der Waals surface area contributed by atoms with Crippen molar-refractivity contribution in [1.29, 1.82) is 5.26 Å². The Bertz CT molecular complexity index is 2620. The van der Waals surface area contributed by atoms with Gasteiger partial charge >= 0.3 is 0 Å². The Morgan fingerprint density at radius 3 is 1.29 bits per heavy atom. The average molecular weight is 653 g/mol. The lowest BCUT2D eigenvalue weighted by molar-refractivity contribution is 0.669. The third kappa shape index (κ3) is 5.01. The van der Waals surface area contributed by atoms with Gasteiger partial charge in [-0.3, -0.25) is 0 Å². The van der Waals surface area contributed by atoms with Crippen LogP contribution in [0.2, 0.25) is 0 Å². The summed E-state index contributed by atoms with van der Waals surface area (Å²) in [7, 11) is 0. The maximum absolute atomic E-state index is 9.52. The van der Waals surface area contributed by atoms with E-state index in [1.807, 2.05) is 84.9 Å². The van der Waals surface area contributed by atoms with Crippen molar-refractivity contribution in [3.8, 4) is 6.07 Å². The van der Waals surface area contributed by atoms with Crippen molar-refractivity contribution in [2.75, 3.05) is 9.80 Å². The van der Waals surface area contributed by atoms with Crippen LogP contribution in [0.25, 0.3) is 48.3 Å². The minimum atomic E-state index is 0.595. The molecule has 5 nitrogen and oxygen atoms in total. The third-order valence-electron chi connectivity index (χ3n) is 9.45. The maximum Gasteiger partial charge on any atom is 0.187 e. The second-order valence-corrected chi connectivity index (χ2v) is 12.4. The number of furan rings is 1. The number of nitrogens with zero attached hydrogens (tertiary/aromatic N) is 4. The predicted molar refractivity (Wildman–Crippen MR) is 209 cm³/mol. The second-order valence-electron chi connectivity index (χ2n) is 12.4. The van der Waals surface area contributed by atoms with Gasteiger partial charge in [0.1, 0.15) is 11.2 Å². The lowest BCUT2D eigenvalue weighted by atomic mass is 9.96. The number of rotatable bonds is 6. The van der Waals surface area contributed by atoms with Gasteiger partial charge in [-0.05, 0) is 71.4 Å². The Hall–Kier alpha value is -7.34. The minimum absolute atomic E-state index is 0.595. The number of nitriles is 1. The predicted octanol–water partition coefficient (Wildman–Crippen LogP) is 13.3. The molecule has 0 radical (unpaired) electrons. The summed E-state index contributed by atoms with van der Waals surface area (Å²) >= 11 is 0. The lowest BCUT2D eigenvalue weighted by Gasteiger charge is -2.27. The molecule has 9 aromatic rings. The molecule has 0 fully saturated rings. The summed E-state index contributed by atoms with van der Waals surface area (Å²) in [5, 5.41) is 16.0. The Balaban J connectivity index is 1.35. The van der Waals surface area contributed by atoms with Gasteiger partial charge in [0.25, 0.3) is 0 Å². The first kappa shape index (κ1) is 29.8. The van der Waals surface area contributed by atoms with Crippen molar-refractivity contribution >= 4 is 83.3 Å². The largest absolute Gasteiger partial charge is 0.456 e. The molecule has 238 valence electrons. The van der Waals surface area contributed by atoms with Crippen molar-refractivity contribution in [3.05, 3.63) is 187 Å². The van der Waals surface area contributed by atoms with Crippen LogP contribution < -0.4 is 9.80 Å². The van der Waals surface area contributed by atoms with Crippen LogP contribution in [0.15, 0.2) is 174 Å². The Labute approximate surface area is 294 Å². The summed E-state index contributed by atoms with van der Waals surface area (Å²) < 4.78 is 6.93. The van der Waals surface area contributed by atoms with Crippen LogP contribution in [0.5, 0.6) is 0 Å². The van der Waals surface area contributed by atoms with Crippen molar-refractivity contribution in [3.63, 3.8) is 0 Å². The Morgan fingerprint density at radius 1 is 0.471 bits per heavy atom. The molecule has 1 heterocycles. The summed E-state index contributed by atoms with van der Waals surface area (Å²) in [6, 6.07) is 59.6. The summed E-state index contributed by atoms with van der Waals surface area (Å²) in [6.45, 7) is 7.50. The topological polar surface area (TPSA) is 47.8 Å². The van der Waals surface area contributed by atoms with Gasteiger partial charge in [0.2, 0.25) is 0 Å². The van der Waals surface area contributed by atoms with E-state index in [0.717, 1.165) is 77.6 Å². The summed E-state index contributed by atoms with van der Waals surface area (Å²) in [6.07, 6.45) is 0. The minimum Gasteiger partial charge on any atom is -0.456 e. The van der Waals surface area contributed by atoms with E-state index in [0.29, 0.717) is 11.3 Å². The highest BCUT2D eigenvalue weighted by atomic mass is 16.3.